The van der Waals surface area contributed by atoms with Gasteiger partial charge in [-0.3, -0.25) is 4.79 Å². The summed E-state index contributed by atoms with van der Waals surface area (Å²) in [6, 6.07) is 9.81. The summed E-state index contributed by atoms with van der Waals surface area (Å²) >= 11 is 0. The number of aryl methyl sites for hydroxylation is 1. The number of pyridine rings is 1. The molecular weight excluding hydrogens is 328 g/mol. The second-order valence-corrected chi connectivity index (χ2v) is 6.93. The maximum absolute atomic E-state index is 12.3. The number of aromatic amines is 1. The molecule has 3 heterocycles. The van der Waals surface area contributed by atoms with Gasteiger partial charge in [0.25, 0.3) is 5.56 Å². The van der Waals surface area contributed by atoms with Crippen molar-refractivity contribution >= 4 is 10.9 Å². The van der Waals surface area contributed by atoms with Crippen molar-refractivity contribution in [2.24, 2.45) is 13.0 Å². The number of hydrogen-bond acceptors (Lipinski definition) is 4. The third-order valence-electron chi connectivity index (χ3n) is 5.11. The number of H-pyrrole nitrogens is 1. The molecule has 0 unspecified atom stereocenters. The molecule has 1 aliphatic heterocycles. The zero-order valence-electron chi connectivity index (χ0n) is 14.9. The lowest BCUT2D eigenvalue weighted by Gasteiger charge is -2.31. The Morgan fingerprint density at radius 2 is 2.27 bits per heavy atom. The minimum absolute atomic E-state index is 0.00568. The Hall–Kier alpha value is -2.44. The molecule has 136 valence electrons. The summed E-state index contributed by atoms with van der Waals surface area (Å²) in [5.74, 6) is 1.32. The zero-order valence-corrected chi connectivity index (χ0v) is 14.9. The Morgan fingerprint density at radius 1 is 1.38 bits per heavy atom. The van der Waals surface area contributed by atoms with Crippen molar-refractivity contribution < 1.29 is 4.74 Å². The largest absolute Gasteiger partial charge is 0.370 e. The summed E-state index contributed by atoms with van der Waals surface area (Å²) in [7, 11) is 2.00. The predicted molar refractivity (Wildman–Crippen MR) is 101 cm³/mol. The minimum Gasteiger partial charge on any atom is -0.370 e. The Bertz CT molecular complexity index is 946. The highest BCUT2D eigenvalue weighted by Gasteiger charge is 2.29. The standard InChI is InChI=1S/C20H24N4O2/c1-24-9-8-22-19(24)18-15(6-4-10-26-18)12-21-13-16-11-14-5-2-3-7-17(14)23-20(16)25/h2-3,5,7-9,11,15,18,21H,4,6,10,12-13H2,1H3,(H,23,25)/t15-,18+/m0/s1. The minimum atomic E-state index is -0.0308. The van der Waals surface area contributed by atoms with Gasteiger partial charge in [0.15, 0.2) is 0 Å². The van der Waals surface area contributed by atoms with Crippen molar-refractivity contribution in [1.82, 2.24) is 19.9 Å². The van der Waals surface area contributed by atoms with Crippen molar-refractivity contribution in [2.45, 2.75) is 25.5 Å². The molecule has 0 radical (unpaired) electrons. The van der Waals surface area contributed by atoms with E-state index in [9.17, 15) is 4.79 Å². The molecule has 2 aromatic heterocycles. The van der Waals surface area contributed by atoms with E-state index in [1.807, 2.05) is 54.3 Å². The van der Waals surface area contributed by atoms with E-state index in [2.05, 4.69) is 15.3 Å². The maximum Gasteiger partial charge on any atom is 0.252 e. The number of nitrogens with one attached hydrogen (secondary N) is 2. The monoisotopic (exact) mass is 352 g/mol. The Kier molecular flexibility index (Phi) is 4.86. The van der Waals surface area contributed by atoms with Crippen LogP contribution in [-0.4, -0.2) is 27.7 Å². The number of aromatic nitrogens is 3. The molecule has 1 saturated heterocycles. The van der Waals surface area contributed by atoms with E-state index >= 15 is 0 Å². The summed E-state index contributed by atoms with van der Waals surface area (Å²) < 4.78 is 8.03. The van der Waals surface area contributed by atoms with Crippen LogP contribution in [0.5, 0.6) is 0 Å². The highest BCUT2D eigenvalue weighted by atomic mass is 16.5. The summed E-state index contributed by atoms with van der Waals surface area (Å²) in [5.41, 5.74) is 1.60. The van der Waals surface area contributed by atoms with Gasteiger partial charge < -0.3 is 19.6 Å². The lowest BCUT2D eigenvalue weighted by Crippen LogP contribution is -2.33. The van der Waals surface area contributed by atoms with Crippen LogP contribution in [0.4, 0.5) is 0 Å². The van der Waals surface area contributed by atoms with E-state index in [1.165, 1.54) is 0 Å². The number of imidazole rings is 1. The summed E-state index contributed by atoms with van der Waals surface area (Å²) in [6.07, 6.45) is 5.92. The number of rotatable bonds is 5. The number of hydrogen-bond donors (Lipinski definition) is 2. The topological polar surface area (TPSA) is 71.9 Å². The van der Waals surface area contributed by atoms with Gasteiger partial charge in [-0.25, -0.2) is 4.98 Å². The van der Waals surface area contributed by atoms with Gasteiger partial charge in [0.2, 0.25) is 0 Å². The van der Waals surface area contributed by atoms with Crippen molar-refractivity contribution in [3.63, 3.8) is 0 Å². The van der Waals surface area contributed by atoms with Gasteiger partial charge in [-0.2, -0.15) is 0 Å². The van der Waals surface area contributed by atoms with Crippen LogP contribution in [0.25, 0.3) is 10.9 Å². The molecule has 0 spiro atoms. The molecule has 0 bridgehead atoms. The number of fused-ring (bicyclic) bond motifs is 1. The highest BCUT2D eigenvalue weighted by Crippen LogP contribution is 2.32. The van der Waals surface area contributed by atoms with Crippen LogP contribution >= 0.6 is 0 Å². The van der Waals surface area contributed by atoms with Gasteiger partial charge in [-0.1, -0.05) is 18.2 Å². The Labute approximate surface area is 152 Å². The van der Waals surface area contributed by atoms with Gasteiger partial charge in [-0.15, -0.1) is 0 Å². The average Bonchev–Trinajstić information content (AvgIpc) is 3.08. The first-order valence-electron chi connectivity index (χ1n) is 9.13. The maximum atomic E-state index is 12.3. The Balaban J connectivity index is 1.44. The molecule has 1 aromatic carbocycles. The first-order chi connectivity index (χ1) is 12.7. The van der Waals surface area contributed by atoms with E-state index in [-0.39, 0.29) is 11.7 Å². The zero-order chi connectivity index (χ0) is 17.9. The molecule has 0 saturated carbocycles. The highest BCUT2D eigenvalue weighted by molar-refractivity contribution is 5.78. The number of ether oxygens (including phenoxy) is 1. The first kappa shape index (κ1) is 17.0. The Morgan fingerprint density at radius 3 is 3.12 bits per heavy atom. The fraction of sp³-hybridized carbons (Fsp3) is 0.400. The van der Waals surface area contributed by atoms with Crippen LogP contribution < -0.4 is 10.9 Å². The van der Waals surface area contributed by atoms with E-state index < -0.39 is 0 Å². The van der Waals surface area contributed by atoms with Gasteiger partial charge in [0, 0.05) is 56.1 Å². The molecule has 4 rings (SSSR count). The summed E-state index contributed by atoms with van der Waals surface area (Å²) in [5, 5.41) is 4.50. The SMILES string of the molecule is Cn1ccnc1[C@@H]1OCCC[C@H]1CNCc1cc2ccccc2[nH]c1=O. The molecule has 0 aliphatic carbocycles. The number of para-hydroxylation sites is 1. The molecule has 0 amide bonds. The van der Waals surface area contributed by atoms with E-state index in [1.54, 1.807) is 0 Å². The summed E-state index contributed by atoms with van der Waals surface area (Å²) in [4.78, 5) is 19.7. The third-order valence-corrected chi connectivity index (χ3v) is 5.11. The first-order valence-corrected chi connectivity index (χ1v) is 9.13. The number of benzene rings is 1. The quantitative estimate of drug-likeness (QED) is 0.740. The van der Waals surface area contributed by atoms with E-state index in [4.69, 9.17) is 4.74 Å². The molecule has 2 N–H and O–H groups in total. The average molecular weight is 352 g/mol. The van der Waals surface area contributed by atoms with Crippen LogP contribution in [0.15, 0.2) is 47.5 Å². The van der Waals surface area contributed by atoms with Crippen molar-refractivity contribution in [3.05, 3.63) is 64.5 Å². The molecule has 3 aromatic rings. The van der Waals surface area contributed by atoms with Crippen LogP contribution in [0.2, 0.25) is 0 Å². The third kappa shape index (κ3) is 3.43. The molecule has 6 heteroatoms. The lowest BCUT2D eigenvalue weighted by molar-refractivity contribution is -0.0344. The fourth-order valence-corrected chi connectivity index (χ4v) is 3.71. The van der Waals surface area contributed by atoms with Crippen LogP contribution in [0.1, 0.15) is 30.3 Å². The molecule has 1 fully saturated rings. The summed E-state index contributed by atoms with van der Waals surface area (Å²) in [6.45, 7) is 2.12. The molecule has 1 aliphatic rings. The van der Waals surface area contributed by atoms with Gasteiger partial charge in [0.1, 0.15) is 11.9 Å². The molecule has 26 heavy (non-hydrogen) atoms. The van der Waals surface area contributed by atoms with Crippen LogP contribution in [0, 0.1) is 5.92 Å². The normalized spacial score (nSPS) is 20.5. The smallest absolute Gasteiger partial charge is 0.252 e. The van der Waals surface area contributed by atoms with Crippen LogP contribution in [0.3, 0.4) is 0 Å². The van der Waals surface area contributed by atoms with E-state index in [0.29, 0.717) is 12.5 Å². The second-order valence-electron chi connectivity index (χ2n) is 6.93. The van der Waals surface area contributed by atoms with Gasteiger partial charge >= 0.3 is 0 Å². The molecule has 2 atom stereocenters. The predicted octanol–water partition coefficient (Wildman–Crippen LogP) is 2.52. The van der Waals surface area contributed by atoms with Crippen molar-refractivity contribution in [1.29, 1.82) is 0 Å². The van der Waals surface area contributed by atoms with Gasteiger partial charge in [-0.05, 0) is 30.4 Å². The molecular formula is C20H24N4O2. The lowest BCUT2D eigenvalue weighted by atomic mass is 9.93. The fourth-order valence-electron chi connectivity index (χ4n) is 3.71. The van der Waals surface area contributed by atoms with Gasteiger partial charge in [0.05, 0.1) is 0 Å². The number of nitrogens with zero attached hydrogens (tertiary/aromatic N) is 2. The van der Waals surface area contributed by atoms with E-state index in [0.717, 1.165) is 48.3 Å². The van der Waals surface area contributed by atoms with Crippen molar-refractivity contribution in [3.8, 4) is 0 Å². The molecule has 6 nitrogen and oxygen atoms in total. The second kappa shape index (κ2) is 7.43. The van der Waals surface area contributed by atoms with Crippen LogP contribution in [-0.2, 0) is 18.3 Å². The van der Waals surface area contributed by atoms with Crippen molar-refractivity contribution in [2.75, 3.05) is 13.2 Å².